The number of aromatic amines is 1. The highest BCUT2D eigenvalue weighted by Gasteiger charge is 2.20. The van der Waals surface area contributed by atoms with Gasteiger partial charge in [-0.05, 0) is 61.2 Å². The molecule has 0 saturated carbocycles. The van der Waals surface area contributed by atoms with Gasteiger partial charge in [0.1, 0.15) is 18.2 Å². The maximum absolute atomic E-state index is 13.1. The van der Waals surface area contributed by atoms with Crippen molar-refractivity contribution < 1.29 is 14.3 Å². The van der Waals surface area contributed by atoms with Crippen LogP contribution in [0.2, 0.25) is 0 Å². The minimum absolute atomic E-state index is 0.151. The lowest BCUT2D eigenvalue weighted by atomic mass is 10.0. The minimum Gasteiger partial charge on any atom is -0.491 e. The second-order valence-electron chi connectivity index (χ2n) is 8.33. The van der Waals surface area contributed by atoms with Crippen LogP contribution in [0, 0.1) is 0 Å². The van der Waals surface area contributed by atoms with Crippen molar-refractivity contribution in [1.82, 2.24) is 15.3 Å². The molecule has 0 aliphatic carbocycles. The zero-order chi connectivity index (χ0) is 22.5. The van der Waals surface area contributed by atoms with Crippen LogP contribution >= 0.6 is 0 Å². The third-order valence-electron chi connectivity index (χ3n) is 5.90. The zero-order valence-corrected chi connectivity index (χ0v) is 18.4. The van der Waals surface area contributed by atoms with E-state index in [4.69, 9.17) is 14.5 Å². The lowest BCUT2D eigenvalue weighted by Gasteiger charge is -2.17. The molecule has 1 saturated heterocycles. The standard InChI is InChI=1S/C27H27N3O3/c31-27(20-12-14-21(15-13-20)33-18-22-9-6-16-32-22)30-25(17-19-7-2-1-3-8-19)26-28-23-10-4-5-11-24(23)29-26/h1-5,7-8,10-15,22,25H,6,9,16-18H2,(H,28,29)(H,30,31)/t22-,25-/m1/s1. The van der Waals surface area contributed by atoms with Crippen molar-refractivity contribution in [3.8, 4) is 5.75 Å². The van der Waals surface area contributed by atoms with Crippen molar-refractivity contribution in [3.63, 3.8) is 0 Å². The number of fused-ring (bicyclic) bond motifs is 1. The van der Waals surface area contributed by atoms with E-state index in [0.717, 1.165) is 47.6 Å². The molecule has 1 aliphatic heterocycles. The van der Waals surface area contributed by atoms with Gasteiger partial charge in [-0.15, -0.1) is 0 Å². The summed E-state index contributed by atoms with van der Waals surface area (Å²) in [5, 5.41) is 3.16. The molecule has 33 heavy (non-hydrogen) atoms. The Labute approximate surface area is 193 Å². The summed E-state index contributed by atoms with van der Waals surface area (Å²) in [5.41, 5.74) is 3.54. The number of amides is 1. The normalized spacial score (nSPS) is 16.5. The molecule has 2 N–H and O–H groups in total. The molecule has 4 aromatic rings. The predicted octanol–water partition coefficient (Wildman–Crippen LogP) is 4.83. The van der Waals surface area contributed by atoms with E-state index in [2.05, 4.69) is 22.4 Å². The molecule has 1 aliphatic rings. The molecule has 1 aromatic heterocycles. The van der Waals surface area contributed by atoms with Crippen LogP contribution < -0.4 is 10.1 Å². The van der Waals surface area contributed by atoms with Crippen LogP contribution in [0.5, 0.6) is 5.75 Å². The first-order valence-corrected chi connectivity index (χ1v) is 11.4. The molecule has 0 bridgehead atoms. The van der Waals surface area contributed by atoms with Crippen LogP contribution in [-0.2, 0) is 11.2 Å². The van der Waals surface area contributed by atoms with E-state index in [0.29, 0.717) is 18.6 Å². The molecule has 2 heterocycles. The maximum atomic E-state index is 13.1. The fraction of sp³-hybridized carbons (Fsp3) is 0.259. The average molecular weight is 442 g/mol. The topological polar surface area (TPSA) is 76.2 Å². The van der Waals surface area contributed by atoms with E-state index in [9.17, 15) is 4.79 Å². The molecule has 0 radical (unpaired) electrons. The average Bonchev–Trinajstić information content (AvgIpc) is 3.53. The molecule has 6 nitrogen and oxygen atoms in total. The van der Waals surface area contributed by atoms with Gasteiger partial charge in [0.15, 0.2) is 0 Å². The van der Waals surface area contributed by atoms with Gasteiger partial charge in [-0.25, -0.2) is 4.98 Å². The third kappa shape index (κ3) is 5.23. The number of ether oxygens (including phenoxy) is 2. The summed E-state index contributed by atoms with van der Waals surface area (Å²) in [5.74, 6) is 1.33. The first kappa shape index (κ1) is 21.2. The number of imidazole rings is 1. The Balaban J connectivity index is 1.30. The van der Waals surface area contributed by atoms with Crippen LogP contribution in [0.15, 0.2) is 78.9 Å². The lowest BCUT2D eigenvalue weighted by molar-refractivity contribution is 0.0679. The first-order valence-electron chi connectivity index (χ1n) is 11.4. The molecule has 168 valence electrons. The SMILES string of the molecule is O=C(N[C@H](Cc1ccccc1)c1nc2ccccc2[nH]1)c1ccc(OC[C@H]2CCCO2)cc1. The number of para-hydroxylation sites is 2. The Hall–Kier alpha value is -3.64. The molecule has 0 spiro atoms. The Morgan fingerprint density at radius 3 is 2.61 bits per heavy atom. The molecule has 3 aromatic carbocycles. The van der Waals surface area contributed by atoms with Crippen LogP contribution in [0.1, 0.15) is 40.6 Å². The number of hydrogen-bond donors (Lipinski definition) is 2. The van der Waals surface area contributed by atoms with Crippen LogP contribution in [0.25, 0.3) is 11.0 Å². The number of nitrogens with zero attached hydrogens (tertiary/aromatic N) is 1. The molecule has 2 atom stereocenters. The van der Waals surface area contributed by atoms with Gasteiger partial charge in [-0.1, -0.05) is 42.5 Å². The van der Waals surface area contributed by atoms with E-state index >= 15 is 0 Å². The summed E-state index contributed by atoms with van der Waals surface area (Å²) in [7, 11) is 0. The summed E-state index contributed by atoms with van der Waals surface area (Å²) in [6.45, 7) is 1.35. The highest BCUT2D eigenvalue weighted by atomic mass is 16.5. The summed E-state index contributed by atoms with van der Waals surface area (Å²) >= 11 is 0. The van der Waals surface area contributed by atoms with Gasteiger partial charge in [-0.3, -0.25) is 4.79 Å². The van der Waals surface area contributed by atoms with E-state index in [1.165, 1.54) is 0 Å². The second kappa shape index (κ2) is 9.88. The Morgan fingerprint density at radius 1 is 1.06 bits per heavy atom. The monoisotopic (exact) mass is 441 g/mol. The van der Waals surface area contributed by atoms with Gasteiger partial charge in [-0.2, -0.15) is 0 Å². The van der Waals surface area contributed by atoms with Gasteiger partial charge >= 0.3 is 0 Å². The first-order chi connectivity index (χ1) is 16.2. The van der Waals surface area contributed by atoms with Crippen molar-refractivity contribution in [2.75, 3.05) is 13.2 Å². The van der Waals surface area contributed by atoms with Crippen molar-refractivity contribution in [2.24, 2.45) is 0 Å². The van der Waals surface area contributed by atoms with Gasteiger partial charge in [0.05, 0.1) is 23.2 Å². The quantitative estimate of drug-likeness (QED) is 0.410. The largest absolute Gasteiger partial charge is 0.491 e. The number of carbonyl (C=O) groups excluding carboxylic acids is 1. The molecule has 1 amide bonds. The van der Waals surface area contributed by atoms with Crippen molar-refractivity contribution in [1.29, 1.82) is 0 Å². The van der Waals surface area contributed by atoms with Crippen molar-refractivity contribution in [3.05, 3.63) is 95.8 Å². The number of nitrogens with one attached hydrogen (secondary N) is 2. The molecule has 6 heteroatoms. The second-order valence-corrected chi connectivity index (χ2v) is 8.33. The maximum Gasteiger partial charge on any atom is 0.251 e. The molecule has 5 rings (SSSR count). The zero-order valence-electron chi connectivity index (χ0n) is 18.4. The van der Waals surface area contributed by atoms with Gasteiger partial charge in [0.25, 0.3) is 5.91 Å². The van der Waals surface area contributed by atoms with Crippen LogP contribution in [0.4, 0.5) is 0 Å². The van der Waals surface area contributed by atoms with Crippen LogP contribution in [-0.4, -0.2) is 35.2 Å². The Morgan fingerprint density at radius 2 is 1.85 bits per heavy atom. The summed E-state index contributed by atoms with van der Waals surface area (Å²) in [6.07, 6.45) is 2.92. The number of aromatic nitrogens is 2. The highest BCUT2D eigenvalue weighted by molar-refractivity contribution is 5.94. The summed E-state index contributed by atoms with van der Waals surface area (Å²) < 4.78 is 11.4. The number of carbonyl (C=O) groups is 1. The minimum atomic E-state index is -0.289. The number of rotatable bonds is 8. The van der Waals surface area contributed by atoms with E-state index in [1.807, 2.05) is 54.6 Å². The van der Waals surface area contributed by atoms with Gasteiger partial charge < -0.3 is 19.8 Å². The number of benzene rings is 3. The third-order valence-corrected chi connectivity index (χ3v) is 5.90. The number of H-pyrrole nitrogens is 1. The summed E-state index contributed by atoms with van der Waals surface area (Å²) in [4.78, 5) is 21.2. The van der Waals surface area contributed by atoms with E-state index in [-0.39, 0.29) is 18.1 Å². The van der Waals surface area contributed by atoms with Crippen molar-refractivity contribution >= 4 is 16.9 Å². The fourth-order valence-corrected chi connectivity index (χ4v) is 4.11. The fourth-order valence-electron chi connectivity index (χ4n) is 4.11. The Kier molecular flexibility index (Phi) is 6.35. The molecule has 1 fully saturated rings. The predicted molar refractivity (Wildman–Crippen MR) is 127 cm³/mol. The Bertz CT molecular complexity index is 1170. The lowest BCUT2D eigenvalue weighted by Crippen LogP contribution is -2.30. The van der Waals surface area contributed by atoms with E-state index < -0.39 is 0 Å². The molecular weight excluding hydrogens is 414 g/mol. The summed E-state index contributed by atoms with van der Waals surface area (Å²) in [6, 6.07) is 24.9. The molecule has 0 unspecified atom stereocenters. The van der Waals surface area contributed by atoms with Gasteiger partial charge in [0.2, 0.25) is 0 Å². The highest BCUT2D eigenvalue weighted by Crippen LogP contribution is 2.21. The van der Waals surface area contributed by atoms with Crippen LogP contribution in [0.3, 0.4) is 0 Å². The molecular formula is C27H27N3O3. The van der Waals surface area contributed by atoms with Gasteiger partial charge in [0, 0.05) is 12.2 Å². The smallest absolute Gasteiger partial charge is 0.251 e. The van der Waals surface area contributed by atoms with Crippen molar-refractivity contribution in [2.45, 2.75) is 31.4 Å². The number of hydrogen-bond acceptors (Lipinski definition) is 4. The van der Waals surface area contributed by atoms with E-state index in [1.54, 1.807) is 12.1 Å².